The zero-order chi connectivity index (χ0) is 14.0. The van der Waals surface area contributed by atoms with E-state index in [2.05, 4.69) is 19.2 Å². The molecule has 1 aromatic heterocycles. The molecule has 19 heavy (non-hydrogen) atoms. The highest BCUT2D eigenvalue weighted by molar-refractivity contribution is 7.10. The Morgan fingerprint density at radius 3 is 2.89 bits per heavy atom. The second kappa shape index (κ2) is 5.74. The standard InChI is InChI=1S/C14H20N2O2S/c1-9(2)8-15-14(18)10-7-12(17)16(3)13(10)11-5-4-6-19-11/h4-6,9-10,13H,7-8H2,1-3H3,(H,15,18)/t10-,13+/m1/s1. The lowest BCUT2D eigenvalue weighted by Crippen LogP contribution is -2.36. The molecule has 2 amide bonds. The van der Waals surface area contributed by atoms with Crippen molar-refractivity contribution in [3.63, 3.8) is 0 Å². The molecule has 5 heteroatoms. The van der Waals surface area contributed by atoms with Gasteiger partial charge in [-0.2, -0.15) is 0 Å². The van der Waals surface area contributed by atoms with Gasteiger partial charge in [0.05, 0.1) is 12.0 Å². The van der Waals surface area contributed by atoms with Crippen LogP contribution in [-0.4, -0.2) is 30.3 Å². The molecule has 1 saturated heterocycles. The van der Waals surface area contributed by atoms with Crippen molar-refractivity contribution in [1.82, 2.24) is 10.2 Å². The smallest absolute Gasteiger partial charge is 0.226 e. The lowest BCUT2D eigenvalue weighted by molar-refractivity contribution is -0.128. The van der Waals surface area contributed by atoms with Crippen LogP contribution in [0.4, 0.5) is 0 Å². The van der Waals surface area contributed by atoms with Gasteiger partial charge in [-0.1, -0.05) is 19.9 Å². The molecule has 4 nitrogen and oxygen atoms in total. The summed E-state index contributed by atoms with van der Waals surface area (Å²) in [5, 5.41) is 4.93. The van der Waals surface area contributed by atoms with Gasteiger partial charge in [0.1, 0.15) is 0 Å². The van der Waals surface area contributed by atoms with E-state index in [0.717, 1.165) is 4.88 Å². The third-order valence-electron chi connectivity index (χ3n) is 3.44. The van der Waals surface area contributed by atoms with Crippen LogP contribution in [0, 0.1) is 11.8 Å². The van der Waals surface area contributed by atoms with E-state index in [4.69, 9.17) is 0 Å². The SMILES string of the molecule is CC(C)CNC(=O)[C@@H]1CC(=O)N(C)[C@@H]1c1cccs1. The van der Waals surface area contributed by atoms with Gasteiger partial charge in [0.25, 0.3) is 0 Å². The summed E-state index contributed by atoms with van der Waals surface area (Å²) in [6.07, 6.45) is 0.309. The molecular weight excluding hydrogens is 260 g/mol. The number of rotatable bonds is 4. The highest BCUT2D eigenvalue weighted by Gasteiger charge is 2.42. The first-order valence-electron chi connectivity index (χ1n) is 6.57. The van der Waals surface area contributed by atoms with Crippen LogP contribution in [0.5, 0.6) is 0 Å². The van der Waals surface area contributed by atoms with E-state index < -0.39 is 0 Å². The van der Waals surface area contributed by atoms with Gasteiger partial charge in [-0.3, -0.25) is 9.59 Å². The zero-order valence-corrected chi connectivity index (χ0v) is 12.4. The molecule has 0 spiro atoms. The van der Waals surface area contributed by atoms with E-state index in [0.29, 0.717) is 18.9 Å². The summed E-state index contributed by atoms with van der Waals surface area (Å²) >= 11 is 1.60. The van der Waals surface area contributed by atoms with Crippen LogP contribution in [0.15, 0.2) is 17.5 Å². The molecule has 1 fully saturated rings. The highest BCUT2D eigenvalue weighted by Crippen LogP contribution is 2.38. The number of thiophene rings is 1. The normalized spacial score (nSPS) is 23.2. The zero-order valence-electron chi connectivity index (χ0n) is 11.6. The monoisotopic (exact) mass is 280 g/mol. The molecule has 0 unspecified atom stereocenters. The Hall–Kier alpha value is -1.36. The first-order chi connectivity index (χ1) is 9.00. The predicted octanol–water partition coefficient (Wildman–Crippen LogP) is 2.04. The summed E-state index contributed by atoms with van der Waals surface area (Å²) in [7, 11) is 1.78. The minimum Gasteiger partial charge on any atom is -0.356 e. The third kappa shape index (κ3) is 2.97. The van der Waals surface area contributed by atoms with Crippen LogP contribution in [0.3, 0.4) is 0 Å². The van der Waals surface area contributed by atoms with E-state index >= 15 is 0 Å². The number of likely N-dealkylation sites (tertiary alicyclic amines) is 1. The quantitative estimate of drug-likeness (QED) is 0.917. The molecule has 0 bridgehead atoms. The molecule has 2 rings (SSSR count). The molecule has 0 aliphatic carbocycles. The van der Waals surface area contributed by atoms with Gasteiger partial charge >= 0.3 is 0 Å². The van der Waals surface area contributed by atoms with Gasteiger partial charge < -0.3 is 10.2 Å². The Morgan fingerprint density at radius 2 is 2.32 bits per heavy atom. The Labute approximate surface area is 117 Å². The number of carbonyl (C=O) groups is 2. The van der Waals surface area contributed by atoms with Crippen LogP contribution in [-0.2, 0) is 9.59 Å². The Balaban J connectivity index is 2.14. The summed E-state index contributed by atoms with van der Waals surface area (Å²) in [5.74, 6) is 0.182. The maximum atomic E-state index is 12.3. The number of nitrogens with one attached hydrogen (secondary N) is 1. The van der Waals surface area contributed by atoms with Gasteiger partial charge in [0.2, 0.25) is 11.8 Å². The van der Waals surface area contributed by atoms with Gasteiger partial charge in [0.15, 0.2) is 0 Å². The fourth-order valence-corrected chi connectivity index (χ4v) is 3.32. The molecule has 1 N–H and O–H groups in total. The number of nitrogens with zero attached hydrogens (tertiary/aromatic N) is 1. The van der Waals surface area contributed by atoms with Crippen molar-refractivity contribution in [3.8, 4) is 0 Å². The Kier molecular flexibility index (Phi) is 4.24. The van der Waals surface area contributed by atoms with Crippen LogP contribution in [0.25, 0.3) is 0 Å². The lowest BCUT2D eigenvalue weighted by atomic mass is 9.97. The molecule has 2 atom stereocenters. The van der Waals surface area contributed by atoms with Gasteiger partial charge in [-0.15, -0.1) is 11.3 Å². The first kappa shape index (κ1) is 14.1. The molecule has 0 saturated carbocycles. The topological polar surface area (TPSA) is 49.4 Å². The van der Waals surface area contributed by atoms with Crippen LogP contribution in [0.2, 0.25) is 0 Å². The summed E-state index contributed by atoms with van der Waals surface area (Å²) in [5.41, 5.74) is 0. The second-order valence-corrected chi connectivity index (χ2v) is 6.39. The number of carbonyl (C=O) groups excluding carboxylic acids is 2. The molecule has 0 radical (unpaired) electrons. The van der Waals surface area contributed by atoms with E-state index in [1.807, 2.05) is 17.5 Å². The third-order valence-corrected chi connectivity index (χ3v) is 4.39. The Bertz CT molecular complexity index is 456. The number of hydrogen-bond donors (Lipinski definition) is 1. The first-order valence-corrected chi connectivity index (χ1v) is 7.45. The summed E-state index contributed by atoms with van der Waals surface area (Å²) in [6, 6.07) is 3.84. The van der Waals surface area contributed by atoms with Gasteiger partial charge in [-0.05, 0) is 17.4 Å². The largest absolute Gasteiger partial charge is 0.356 e. The van der Waals surface area contributed by atoms with Crippen molar-refractivity contribution in [2.24, 2.45) is 11.8 Å². The van der Waals surface area contributed by atoms with E-state index in [1.165, 1.54) is 0 Å². The van der Waals surface area contributed by atoms with E-state index in [1.54, 1.807) is 23.3 Å². The predicted molar refractivity (Wildman–Crippen MR) is 75.8 cm³/mol. The van der Waals surface area contributed by atoms with Crippen LogP contribution < -0.4 is 5.32 Å². The van der Waals surface area contributed by atoms with Crippen LogP contribution >= 0.6 is 11.3 Å². The average molecular weight is 280 g/mol. The molecule has 1 aliphatic rings. The second-order valence-electron chi connectivity index (χ2n) is 5.41. The van der Waals surface area contributed by atoms with Gasteiger partial charge in [-0.25, -0.2) is 0 Å². The van der Waals surface area contributed by atoms with E-state index in [9.17, 15) is 9.59 Å². The van der Waals surface area contributed by atoms with Crippen molar-refractivity contribution in [3.05, 3.63) is 22.4 Å². The summed E-state index contributed by atoms with van der Waals surface area (Å²) < 4.78 is 0. The highest BCUT2D eigenvalue weighted by atomic mass is 32.1. The fourth-order valence-electron chi connectivity index (χ4n) is 2.39. The van der Waals surface area contributed by atoms with Crippen molar-refractivity contribution >= 4 is 23.2 Å². The van der Waals surface area contributed by atoms with Crippen molar-refractivity contribution < 1.29 is 9.59 Å². The number of hydrogen-bond acceptors (Lipinski definition) is 3. The minimum absolute atomic E-state index is 0.00944. The summed E-state index contributed by atoms with van der Waals surface area (Å²) in [4.78, 5) is 26.9. The molecule has 1 aliphatic heterocycles. The maximum Gasteiger partial charge on any atom is 0.226 e. The fraction of sp³-hybridized carbons (Fsp3) is 0.571. The average Bonchev–Trinajstić information content (AvgIpc) is 2.96. The molecule has 104 valence electrons. The molecule has 0 aromatic carbocycles. The molecule has 1 aromatic rings. The van der Waals surface area contributed by atoms with E-state index in [-0.39, 0.29) is 23.8 Å². The van der Waals surface area contributed by atoms with Crippen molar-refractivity contribution in [2.75, 3.05) is 13.6 Å². The van der Waals surface area contributed by atoms with Crippen molar-refractivity contribution in [2.45, 2.75) is 26.3 Å². The maximum absolute atomic E-state index is 12.3. The minimum atomic E-state index is -0.269. The summed E-state index contributed by atoms with van der Waals surface area (Å²) in [6.45, 7) is 4.77. The molecule has 2 heterocycles. The van der Waals surface area contributed by atoms with Crippen LogP contribution in [0.1, 0.15) is 31.2 Å². The Morgan fingerprint density at radius 1 is 1.58 bits per heavy atom. The number of amides is 2. The van der Waals surface area contributed by atoms with Crippen molar-refractivity contribution in [1.29, 1.82) is 0 Å². The molecular formula is C14H20N2O2S. The van der Waals surface area contributed by atoms with Gasteiger partial charge in [0, 0.05) is 24.9 Å². The lowest BCUT2D eigenvalue weighted by Gasteiger charge is -2.23.